The zero-order valence-electron chi connectivity index (χ0n) is 13.5. The lowest BCUT2D eigenvalue weighted by Gasteiger charge is -2.34. The average molecular weight is 334 g/mol. The molecule has 24 heavy (non-hydrogen) atoms. The van der Waals surface area contributed by atoms with Crippen LogP contribution in [-0.2, 0) is 0 Å². The monoisotopic (exact) mass is 334 g/mol. The van der Waals surface area contributed by atoms with Gasteiger partial charge in [-0.25, -0.2) is 9.18 Å². The predicted molar refractivity (Wildman–Crippen MR) is 89.8 cm³/mol. The Morgan fingerprint density at radius 1 is 1.25 bits per heavy atom. The summed E-state index contributed by atoms with van der Waals surface area (Å²) in [5.74, 6) is -1.88. The molecule has 128 valence electrons. The van der Waals surface area contributed by atoms with Crippen LogP contribution in [0.15, 0.2) is 23.1 Å². The Hall–Kier alpha value is -2.61. The van der Waals surface area contributed by atoms with E-state index in [0.29, 0.717) is 30.0 Å². The van der Waals surface area contributed by atoms with E-state index in [1.165, 1.54) is 6.07 Å². The van der Waals surface area contributed by atoms with E-state index in [0.717, 1.165) is 23.7 Å². The fraction of sp³-hybridized carbons (Fsp3) is 0.375. The number of hydrogen-bond acceptors (Lipinski definition) is 5. The van der Waals surface area contributed by atoms with Gasteiger partial charge < -0.3 is 20.2 Å². The SMILES string of the molecule is CNc1cc(C(=O)O)c(=O)n2cc(F)c(N3CCN(C)CC3)cc12. The van der Waals surface area contributed by atoms with Gasteiger partial charge in [-0.15, -0.1) is 0 Å². The number of carbonyl (C=O) groups is 1. The second-order valence-electron chi connectivity index (χ2n) is 5.88. The third kappa shape index (κ3) is 2.69. The molecular formula is C16H19FN4O3. The first kappa shape index (κ1) is 16.3. The minimum atomic E-state index is -1.34. The molecule has 1 aliphatic rings. The van der Waals surface area contributed by atoms with Crippen LogP contribution in [-0.4, -0.2) is 60.7 Å². The third-order valence-electron chi connectivity index (χ3n) is 4.38. The second kappa shape index (κ2) is 6.12. The Morgan fingerprint density at radius 2 is 1.92 bits per heavy atom. The molecule has 7 nitrogen and oxygen atoms in total. The van der Waals surface area contributed by atoms with Crippen molar-refractivity contribution in [3.8, 4) is 0 Å². The van der Waals surface area contributed by atoms with Crippen LogP contribution in [0.3, 0.4) is 0 Å². The highest BCUT2D eigenvalue weighted by atomic mass is 19.1. The number of nitrogens with one attached hydrogen (secondary N) is 1. The third-order valence-corrected chi connectivity index (χ3v) is 4.38. The molecule has 8 heteroatoms. The van der Waals surface area contributed by atoms with Crippen molar-refractivity contribution < 1.29 is 14.3 Å². The molecule has 1 fully saturated rings. The second-order valence-corrected chi connectivity index (χ2v) is 5.88. The molecule has 1 aliphatic heterocycles. The Morgan fingerprint density at radius 3 is 2.50 bits per heavy atom. The van der Waals surface area contributed by atoms with Crippen molar-refractivity contribution in [2.24, 2.45) is 0 Å². The van der Waals surface area contributed by atoms with Gasteiger partial charge in [-0.2, -0.15) is 0 Å². The van der Waals surface area contributed by atoms with Crippen LogP contribution in [0.4, 0.5) is 15.8 Å². The van der Waals surface area contributed by atoms with Gasteiger partial charge >= 0.3 is 5.97 Å². The molecule has 2 aromatic heterocycles. The van der Waals surface area contributed by atoms with Crippen molar-refractivity contribution in [2.75, 3.05) is 50.5 Å². The maximum Gasteiger partial charge on any atom is 0.341 e. The quantitative estimate of drug-likeness (QED) is 0.870. The highest BCUT2D eigenvalue weighted by Crippen LogP contribution is 2.26. The van der Waals surface area contributed by atoms with E-state index in [1.54, 1.807) is 13.1 Å². The summed E-state index contributed by atoms with van der Waals surface area (Å²) in [6.45, 7) is 3.04. The molecule has 0 radical (unpaired) electrons. The maximum atomic E-state index is 14.6. The van der Waals surface area contributed by atoms with E-state index in [2.05, 4.69) is 10.2 Å². The van der Waals surface area contributed by atoms with Gasteiger partial charge in [-0.05, 0) is 19.2 Å². The predicted octanol–water partition coefficient (Wildman–Crippen LogP) is 0.930. The molecular weight excluding hydrogens is 315 g/mol. The number of halogens is 1. The van der Waals surface area contributed by atoms with Crippen LogP contribution in [0, 0.1) is 5.82 Å². The molecule has 0 bridgehead atoms. The number of likely N-dealkylation sites (N-methyl/N-ethyl adjacent to an activating group) is 1. The first-order valence-corrected chi connectivity index (χ1v) is 7.66. The molecule has 2 aromatic rings. The number of carboxylic acids is 1. The average Bonchev–Trinajstić information content (AvgIpc) is 2.56. The van der Waals surface area contributed by atoms with Gasteiger partial charge in [0, 0.05) is 33.2 Å². The summed E-state index contributed by atoms with van der Waals surface area (Å²) >= 11 is 0. The fourth-order valence-corrected chi connectivity index (χ4v) is 2.95. The molecule has 1 saturated heterocycles. The highest BCUT2D eigenvalue weighted by Gasteiger charge is 2.21. The van der Waals surface area contributed by atoms with E-state index in [-0.39, 0.29) is 0 Å². The van der Waals surface area contributed by atoms with Gasteiger partial charge in [0.1, 0.15) is 5.56 Å². The number of hydrogen-bond donors (Lipinski definition) is 2. The lowest BCUT2D eigenvalue weighted by Crippen LogP contribution is -2.44. The molecule has 0 unspecified atom stereocenters. The number of piperazine rings is 1. The zero-order valence-corrected chi connectivity index (χ0v) is 13.5. The molecule has 0 spiro atoms. The van der Waals surface area contributed by atoms with Crippen molar-refractivity contribution >= 4 is 22.9 Å². The lowest BCUT2D eigenvalue weighted by atomic mass is 10.2. The Labute approximate surface area is 137 Å². The largest absolute Gasteiger partial charge is 0.477 e. The van der Waals surface area contributed by atoms with E-state index in [1.807, 2.05) is 11.9 Å². The van der Waals surface area contributed by atoms with Crippen LogP contribution >= 0.6 is 0 Å². The van der Waals surface area contributed by atoms with Crippen molar-refractivity contribution in [3.05, 3.63) is 40.1 Å². The summed E-state index contributed by atoms with van der Waals surface area (Å²) in [5.41, 5.74) is 0.177. The number of rotatable bonds is 3. The molecule has 0 saturated carbocycles. The number of pyridine rings is 2. The Balaban J connectivity index is 2.18. The number of carboxylic acid groups (broad SMARTS) is 1. The van der Waals surface area contributed by atoms with Gasteiger partial charge in [-0.1, -0.05) is 0 Å². The van der Waals surface area contributed by atoms with Crippen LogP contribution < -0.4 is 15.8 Å². The Bertz CT molecular complexity index is 857. The van der Waals surface area contributed by atoms with Gasteiger partial charge in [0.05, 0.1) is 23.1 Å². The van der Waals surface area contributed by atoms with Crippen LogP contribution in [0.5, 0.6) is 0 Å². The number of aromatic nitrogens is 1. The highest BCUT2D eigenvalue weighted by molar-refractivity contribution is 5.91. The van der Waals surface area contributed by atoms with Gasteiger partial charge in [0.25, 0.3) is 5.56 Å². The summed E-state index contributed by atoms with van der Waals surface area (Å²) in [6.07, 6.45) is 1.07. The maximum absolute atomic E-state index is 14.6. The normalized spacial score (nSPS) is 15.7. The minimum absolute atomic E-state index is 0.399. The van der Waals surface area contributed by atoms with Crippen LogP contribution in [0.2, 0.25) is 0 Å². The van der Waals surface area contributed by atoms with Crippen LogP contribution in [0.1, 0.15) is 10.4 Å². The molecule has 3 rings (SSSR count). The minimum Gasteiger partial charge on any atom is -0.477 e. The van der Waals surface area contributed by atoms with Crippen molar-refractivity contribution in [3.63, 3.8) is 0 Å². The number of nitrogens with zero attached hydrogens (tertiary/aromatic N) is 3. The first-order chi connectivity index (χ1) is 11.4. The molecule has 0 aliphatic carbocycles. The molecule has 0 aromatic carbocycles. The molecule has 2 N–H and O–H groups in total. The standard InChI is InChI=1S/C16H19FN4O3/c1-18-12-7-10(16(23)24)15(22)21-9-11(17)13(8-14(12)21)20-5-3-19(2)4-6-20/h7-9,18H,3-6H2,1-2H3,(H,23,24). The smallest absolute Gasteiger partial charge is 0.341 e. The van der Waals surface area contributed by atoms with Crippen molar-refractivity contribution in [1.29, 1.82) is 0 Å². The summed E-state index contributed by atoms with van der Waals surface area (Å²) in [6, 6.07) is 2.88. The number of fused-ring (bicyclic) bond motifs is 1. The van der Waals surface area contributed by atoms with Gasteiger partial charge in [0.2, 0.25) is 0 Å². The summed E-state index contributed by atoms with van der Waals surface area (Å²) < 4.78 is 15.6. The van der Waals surface area contributed by atoms with E-state index >= 15 is 0 Å². The van der Waals surface area contributed by atoms with E-state index < -0.39 is 22.9 Å². The fourth-order valence-electron chi connectivity index (χ4n) is 2.95. The summed E-state index contributed by atoms with van der Waals surface area (Å²) in [5, 5.41) is 12.0. The molecule has 3 heterocycles. The van der Waals surface area contributed by atoms with Crippen LogP contribution in [0.25, 0.3) is 5.52 Å². The molecule has 0 amide bonds. The zero-order chi connectivity index (χ0) is 17.4. The van der Waals surface area contributed by atoms with Crippen molar-refractivity contribution in [2.45, 2.75) is 0 Å². The van der Waals surface area contributed by atoms with Gasteiger partial charge in [0.15, 0.2) is 5.82 Å². The summed E-state index contributed by atoms with van der Waals surface area (Å²) in [4.78, 5) is 27.6. The molecule has 0 atom stereocenters. The Kier molecular flexibility index (Phi) is 4.15. The number of anilines is 2. The summed E-state index contributed by atoms with van der Waals surface area (Å²) in [7, 11) is 3.64. The van der Waals surface area contributed by atoms with E-state index in [9.17, 15) is 14.0 Å². The van der Waals surface area contributed by atoms with E-state index in [4.69, 9.17) is 5.11 Å². The topological polar surface area (TPSA) is 77.3 Å². The van der Waals surface area contributed by atoms with Gasteiger partial charge in [-0.3, -0.25) is 9.20 Å². The van der Waals surface area contributed by atoms with Crippen molar-refractivity contribution in [1.82, 2.24) is 9.30 Å². The number of aromatic carboxylic acids is 1. The first-order valence-electron chi connectivity index (χ1n) is 7.66. The lowest BCUT2D eigenvalue weighted by molar-refractivity contribution is 0.0695.